The van der Waals surface area contributed by atoms with Gasteiger partial charge in [0.1, 0.15) is 5.82 Å². The highest BCUT2D eigenvalue weighted by atomic mass is 79.9. The molecule has 0 saturated heterocycles. The Kier molecular flexibility index (Phi) is 9.48. The maximum Gasteiger partial charge on any atom is 0.196 e. The van der Waals surface area contributed by atoms with Crippen LogP contribution < -0.4 is 4.74 Å². The molecule has 2 rings (SSSR count). The first-order valence-corrected chi connectivity index (χ1v) is 10.4. The van der Waals surface area contributed by atoms with Gasteiger partial charge in [-0.25, -0.2) is 8.78 Å². The largest absolute Gasteiger partial charge is 0.490 e. The predicted octanol–water partition coefficient (Wildman–Crippen LogP) is 6.02. The van der Waals surface area contributed by atoms with E-state index in [9.17, 15) is 13.6 Å². The van der Waals surface area contributed by atoms with Gasteiger partial charge in [0.25, 0.3) is 0 Å². The van der Waals surface area contributed by atoms with Crippen molar-refractivity contribution in [3.8, 4) is 5.75 Å². The highest BCUT2D eigenvalue weighted by Gasteiger charge is 2.18. The molecule has 0 aliphatic heterocycles. The number of hydrogen-bond donors (Lipinski definition) is 0. The molecule has 0 heterocycles. The van der Waals surface area contributed by atoms with Crippen LogP contribution in [-0.4, -0.2) is 37.4 Å². The van der Waals surface area contributed by atoms with Gasteiger partial charge < -0.3 is 9.64 Å². The van der Waals surface area contributed by atoms with Gasteiger partial charge in [-0.3, -0.25) is 4.79 Å². The van der Waals surface area contributed by atoms with E-state index in [0.717, 1.165) is 55.4 Å². The Hall–Kier alpha value is -2.05. The molecule has 6 heteroatoms. The maximum atomic E-state index is 14.4. The Morgan fingerprint density at radius 2 is 1.79 bits per heavy atom. The van der Waals surface area contributed by atoms with E-state index in [2.05, 4.69) is 27.4 Å². The Labute approximate surface area is 179 Å². The molecule has 0 bridgehead atoms. The lowest BCUT2D eigenvalue weighted by molar-refractivity contribution is 0.103. The molecule has 2 aromatic carbocycles. The van der Waals surface area contributed by atoms with Gasteiger partial charge in [-0.15, -0.1) is 6.58 Å². The quantitative estimate of drug-likeness (QED) is 0.218. The van der Waals surface area contributed by atoms with E-state index in [0.29, 0.717) is 12.2 Å². The highest BCUT2D eigenvalue weighted by molar-refractivity contribution is 9.10. The molecule has 0 amide bonds. The van der Waals surface area contributed by atoms with E-state index >= 15 is 0 Å². The summed E-state index contributed by atoms with van der Waals surface area (Å²) in [6.07, 6.45) is 5.69. The second-order valence-electron chi connectivity index (χ2n) is 6.91. The van der Waals surface area contributed by atoms with Crippen molar-refractivity contribution in [2.24, 2.45) is 0 Å². The second kappa shape index (κ2) is 11.8. The fraction of sp³-hybridized carbons (Fsp3) is 0.348. The number of carbonyl (C=O) groups excluding carboxylic acids is 1. The number of rotatable bonds is 12. The average molecular weight is 466 g/mol. The summed E-state index contributed by atoms with van der Waals surface area (Å²) in [5.41, 5.74) is -0.0141. The average Bonchev–Trinajstić information content (AvgIpc) is 2.69. The van der Waals surface area contributed by atoms with E-state index in [1.807, 2.05) is 13.1 Å². The van der Waals surface area contributed by atoms with Crippen LogP contribution in [0.3, 0.4) is 0 Å². The van der Waals surface area contributed by atoms with Crippen molar-refractivity contribution in [1.82, 2.24) is 4.90 Å². The number of carbonyl (C=O) groups is 1. The van der Waals surface area contributed by atoms with Gasteiger partial charge in [0.15, 0.2) is 17.3 Å². The Balaban J connectivity index is 1.84. The lowest BCUT2D eigenvalue weighted by Gasteiger charge is -2.13. The van der Waals surface area contributed by atoms with Crippen LogP contribution in [0.5, 0.6) is 5.75 Å². The van der Waals surface area contributed by atoms with Gasteiger partial charge in [0.2, 0.25) is 0 Å². The summed E-state index contributed by atoms with van der Waals surface area (Å²) in [5.74, 6) is -2.26. The first-order valence-electron chi connectivity index (χ1n) is 9.64. The van der Waals surface area contributed by atoms with Crippen molar-refractivity contribution in [3.63, 3.8) is 0 Å². The third-order valence-electron chi connectivity index (χ3n) is 4.51. The van der Waals surface area contributed by atoms with Crippen molar-refractivity contribution in [2.45, 2.75) is 25.7 Å². The number of ether oxygens (including phenoxy) is 1. The molecule has 0 aromatic heterocycles. The molecule has 0 fully saturated rings. The fourth-order valence-electron chi connectivity index (χ4n) is 2.90. The zero-order chi connectivity index (χ0) is 21.2. The van der Waals surface area contributed by atoms with Gasteiger partial charge in [0, 0.05) is 22.6 Å². The zero-order valence-corrected chi connectivity index (χ0v) is 18.2. The molecular weight excluding hydrogens is 440 g/mol. The van der Waals surface area contributed by atoms with Crippen LogP contribution in [0.15, 0.2) is 53.5 Å². The molecule has 156 valence electrons. The predicted molar refractivity (Wildman–Crippen MR) is 116 cm³/mol. The molecule has 29 heavy (non-hydrogen) atoms. The molecule has 0 N–H and O–H groups in total. The number of hydrogen-bond acceptors (Lipinski definition) is 3. The Morgan fingerprint density at radius 3 is 2.48 bits per heavy atom. The number of likely N-dealkylation sites (N-methyl/N-ethyl adjacent to an activating group) is 1. The standard InChI is InChI=1S/C23H26BrF2NO2/c1-3-12-27(2)13-6-4-5-7-14-29-22-16-20(25)19(15-21(22)26)23(28)17-8-10-18(24)11-9-17/h3,8-11,15-16H,1,4-7,12-14H2,2H3. The summed E-state index contributed by atoms with van der Waals surface area (Å²) >= 11 is 3.28. The smallest absolute Gasteiger partial charge is 0.196 e. The molecule has 0 atom stereocenters. The molecule has 0 aliphatic rings. The third-order valence-corrected chi connectivity index (χ3v) is 5.03. The molecule has 0 aliphatic carbocycles. The minimum atomic E-state index is -0.792. The van der Waals surface area contributed by atoms with E-state index in [4.69, 9.17) is 4.74 Å². The minimum Gasteiger partial charge on any atom is -0.490 e. The molecule has 0 saturated carbocycles. The van der Waals surface area contributed by atoms with Gasteiger partial charge in [0.05, 0.1) is 12.2 Å². The van der Waals surface area contributed by atoms with Crippen molar-refractivity contribution in [1.29, 1.82) is 0 Å². The summed E-state index contributed by atoms with van der Waals surface area (Å²) in [4.78, 5) is 14.6. The molecular formula is C23H26BrF2NO2. The highest BCUT2D eigenvalue weighted by Crippen LogP contribution is 2.24. The summed E-state index contributed by atoms with van der Waals surface area (Å²) in [6.45, 7) is 5.88. The topological polar surface area (TPSA) is 29.5 Å². The van der Waals surface area contributed by atoms with Gasteiger partial charge in [-0.05, 0) is 56.8 Å². The minimum absolute atomic E-state index is 0.166. The molecule has 2 aromatic rings. The van der Waals surface area contributed by atoms with Crippen molar-refractivity contribution < 1.29 is 18.3 Å². The van der Waals surface area contributed by atoms with Crippen LogP contribution in [0.2, 0.25) is 0 Å². The van der Waals surface area contributed by atoms with E-state index < -0.39 is 17.4 Å². The van der Waals surface area contributed by atoms with Crippen molar-refractivity contribution >= 4 is 21.7 Å². The monoisotopic (exact) mass is 465 g/mol. The fourth-order valence-corrected chi connectivity index (χ4v) is 3.17. The first kappa shape index (κ1) is 23.2. The number of nitrogens with zero attached hydrogens (tertiary/aromatic N) is 1. The summed E-state index contributed by atoms with van der Waals surface area (Å²) < 4.78 is 34.9. The summed E-state index contributed by atoms with van der Waals surface area (Å²) in [5, 5.41) is 0. The lowest BCUT2D eigenvalue weighted by atomic mass is 10.0. The van der Waals surface area contributed by atoms with Gasteiger partial charge >= 0.3 is 0 Å². The maximum absolute atomic E-state index is 14.4. The van der Waals surface area contributed by atoms with Crippen LogP contribution in [0.1, 0.15) is 41.6 Å². The van der Waals surface area contributed by atoms with Crippen LogP contribution in [0.25, 0.3) is 0 Å². The van der Waals surface area contributed by atoms with Crippen LogP contribution in [0, 0.1) is 11.6 Å². The molecule has 0 unspecified atom stereocenters. The van der Waals surface area contributed by atoms with E-state index in [1.54, 1.807) is 24.3 Å². The van der Waals surface area contributed by atoms with E-state index in [1.165, 1.54) is 0 Å². The summed E-state index contributed by atoms with van der Waals surface area (Å²) in [6, 6.07) is 8.33. The van der Waals surface area contributed by atoms with Crippen molar-refractivity contribution in [3.05, 3.63) is 76.3 Å². The SMILES string of the molecule is C=CCN(C)CCCCCCOc1cc(F)c(C(=O)c2ccc(Br)cc2)cc1F. The summed E-state index contributed by atoms with van der Waals surface area (Å²) in [7, 11) is 2.05. The molecule has 3 nitrogen and oxygen atoms in total. The number of benzene rings is 2. The van der Waals surface area contributed by atoms with Crippen LogP contribution in [0.4, 0.5) is 8.78 Å². The Bertz CT molecular complexity index is 824. The normalized spacial score (nSPS) is 10.9. The Morgan fingerprint density at radius 1 is 1.10 bits per heavy atom. The zero-order valence-electron chi connectivity index (χ0n) is 16.6. The van der Waals surface area contributed by atoms with Gasteiger partial charge in [-0.1, -0.05) is 34.8 Å². The number of unbranched alkanes of at least 4 members (excludes halogenated alkanes) is 3. The van der Waals surface area contributed by atoms with E-state index in [-0.39, 0.29) is 11.3 Å². The lowest BCUT2D eigenvalue weighted by Crippen LogP contribution is -2.19. The number of ketones is 1. The van der Waals surface area contributed by atoms with Crippen molar-refractivity contribution in [2.75, 3.05) is 26.7 Å². The molecule has 0 radical (unpaired) electrons. The van der Waals surface area contributed by atoms with Crippen LogP contribution >= 0.6 is 15.9 Å². The van der Waals surface area contributed by atoms with Crippen LogP contribution in [-0.2, 0) is 0 Å². The number of halogens is 3. The second-order valence-corrected chi connectivity index (χ2v) is 7.83. The third kappa shape index (κ3) is 7.37. The first-order chi connectivity index (χ1) is 13.9. The van der Waals surface area contributed by atoms with Gasteiger partial charge in [-0.2, -0.15) is 0 Å². The molecule has 0 spiro atoms.